The van der Waals surface area contributed by atoms with Crippen molar-refractivity contribution in [2.75, 3.05) is 32.2 Å². The number of hydrogen-bond donors (Lipinski definition) is 1. The molecule has 1 spiro atoms. The van der Waals surface area contributed by atoms with Crippen LogP contribution in [-0.2, 0) is 14.9 Å². The maximum Gasteiger partial charge on any atom is 0.356 e. The van der Waals surface area contributed by atoms with Crippen LogP contribution in [0.5, 0.6) is 0 Å². The molecule has 0 bridgehead atoms. The molecule has 5 heteroatoms. The monoisotopic (exact) mass is 324 g/mol. The first kappa shape index (κ1) is 15.1. The van der Waals surface area contributed by atoms with Crippen molar-refractivity contribution in [1.82, 2.24) is 4.98 Å². The fourth-order valence-electron chi connectivity index (χ4n) is 3.67. The van der Waals surface area contributed by atoms with Gasteiger partial charge in [0.2, 0.25) is 0 Å². The number of carbonyl (C=O) groups excluding carboxylic acids is 1. The molecule has 0 radical (unpaired) electrons. The first-order valence-corrected chi connectivity index (χ1v) is 8.23. The fourth-order valence-corrected chi connectivity index (χ4v) is 3.67. The summed E-state index contributed by atoms with van der Waals surface area (Å²) in [6.45, 7) is 2.62. The highest BCUT2D eigenvalue weighted by molar-refractivity contribution is 5.87. The number of pyridine rings is 1. The summed E-state index contributed by atoms with van der Waals surface area (Å²) in [4.78, 5) is 15.7. The van der Waals surface area contributed by atoms with Crippen LogP contribution in [0.25, 0.3) is 11.1 Å². The summed E-state index contributed by atoms with van der Waals surface area (Å²) >= 11 is 0. The van der Waals surface area contributed by atoms with Crippen molar-refractivity contribution in [3.63, 3.8) is 0 Å². The van der Waals surface area contributed by atoms with Gasteiger partial charge >= 0.3 is 5.97 Å². The number of nitrogens with one attached hydrogen (secondary N) is 1. The van der Waals surface area contributed by atoms with Gasteiger partial charge in [-0.2, -0.15) is 0 Å². The van der Waals surface area contributed by atoms with Crippen LogP contribution in [0.4, 0.5) is 5.69 Å². The van der Waals surface area contributed by atoms with Crippen LogP contribution in [-0.4, -0.2) is 37.8 Å². The van der Waals surface area contributed by atoms with Gasteiger partial charge in [0.1, 0.15) is 5.69 Å². The summed E-state index contributed by atoms with van der Waals surface area (Å²) in [5.41, 5.74) is 5.22. The van der Waals surface area contributed by atoms with Gasteiger partial charge in [-0.3, -0.25) is 0 Å². The van der Waals surface area contributed by atoms with Gasteiger partial charge in [0, 0.05) is 42.6 Å². The van der Waals surface area contributed by atoms with E-state index in [1.54, 1.807) is 12.3 Å². The molecule has 2 aliphatic rings. The lowest BCUT2D eigenvalue weighted by Gasteiger charge is -2.33. The van der Waals surface area contributed by atoms with Gasteiger partial charge in [0.05, 0.1) is 7.11 Å². The minimum Gasteiger partial charge on any atom is -0.464 e. The van der Waals surface area contributed by atoms with Crippen molar-refractivity contribution in [3.8, 4) is 11.1 Å². The highest BCUT2D eigenvalue weighted by Crippen LogP contribution is 2.44. The molecule has 1 fully saturated rings. The molecular weight excluding hydrogens is 304 g/mol. The van der Waals surface area contributed by atoms with E-state index in [1.807, 2.05) is 6.07 Å². The number of esters is 1. The molecule has 3 heterocycles. The molecule has 4 rings (SSSR count). The Kier molecular flexibility index (Phi) is 3.73. The Balaban J connectivity index is 1.68. The summed E-state index contributed by atoms with van der Waals surface area (Å²) in [5, 5.41) is 3.54. The number of methoxy groups -OCH3 is 1. The van der Waals surface area contributed by atoms with Gasteiger partial charge in [-0.1, -0.05) is 12.1 Å². The number of aromatic nitrogens is 1. The lowest BCUT2D eigenvalue weighted by Crippen LogP contribution is -2.35. The van der Waals surface area contributed by atoms with Gasteiger partial charge in [0.15, 0.2) is 0 Å². The molecule has 0 atom stereocenters. The average molecular weight is 324 g/mol. The van der Waals surface area contributed by atoms with Crippen LogP contribution in [0.15, 0.2) is 36.5 Å². The number of carbonyl (C=O) groups is 1. The number of benzene rings is 1. The first-order valence-electron chi connectivity index (χ1n) is 8.23. The number of ether oxygens (including phenoxy) is 2. The molecule has 2 aliphatic heterocycles. The van der Waals surface area contributed by atoms with Crippen LogP contribution in [0.3, 0.4) is 0 Å². The largest absolute Gasteiger partial charge is 0.464 e. The van der Waals surface area contributed by atoms with Crippen molar-refractivity contribution < 1.29 is 14.3 Å². The Morgan fingerprint density at radius 1 is 1.21 bits per heavy atom. The van der Waals surface area contributed by atoms with E-state index in [0.717, 1.165) is 43.7 Å². The fraction of sp³-hybridized carbons (Fsp3) is 0.368. The zero-order valence-electron chi connectivity index (χ0n) is 13.7. The molecule has 1 saturated heterocycles. The van der Waals surface area contributed by atoms with E-state index in [0.29, 0.717) is 5.69 Å². The molecule has 2 aromatic rings. The van der Waals surface area contributed by atoms with Crippen LogP contribution >= 0.6 is 0 Å². The summed E-state index contributed by atoms with van der Waals surface area (Å²) in [6.07, 6.45) is 3.83. The molecule has 0 amide bonds. The molecule has 0 aliphatic carbocycles. The maximum absolute atomic E-state index is 11.5. The van der Waals surface area contributed by atoms with Crippen LogP contribution < -0.4 is 5.32 Å². The van der Waals surface area contributed by atoms with Crippen molar-refractivity contribution in [2.24, 2.45) is 0 Å². The Labute approximate surface area is 141 Å². The lowest BCUT2D eigenvalue weighted by molar-refractivity contribution is 0.0567. The van der Waals surface area contributed by atoms with Crippen molar-refractivity contribution >= 4 is 11.7 Å². The zero-order chi connectivity index (χ0) is 16.6. The molecule has 0 unspecified atom stereocenters. The molecular formula is C19H20N2O3. The molecule has 0 saturated carbocycles. The third kappa shape index (κ3) is 2.45. The first-order chi connectivity index (χ1) is 11.7. The summed E-state index contributed by atoms with van der Waals surface area (Å²) < 4.78 is 10.2. The molecule has 1 aromatic heterocycles. The Hall–Kier alpha value is -2.40. The van der Waals surface area contributed by atoms with E-state index in [1.165, 1.54) is 18.4 Å². The molecule has 1 N–H and O–H groups in total. The van der Waals surface area contributed by atoms with Gasteiger partial charge in [-0.25, -0.2) is 9.78 Å². The third-order valence-corrected chi connectivity index (χ3v) is 5.15. The SMILES string of the molecule is COC(=O)c1ccc(-c2ccc3c(c2)C2(CCOCC2)CN3)cn1. The summed E-state index contributed by atoms with van der Waals surface area (Å²) in [7, 11) is 1.36. The van der Waals surface area contributed by atoms with Crippen molar-refractivity contribution in [1.29, 1.82) is 0 Å². The second-order valence-electron chi connectivity index (χ2n) is 6.43. The second-order valence-corrected chi connectivity index (χ2v) is 6.43. The summed E-state index contributed by atoms with van der Waals surface area (Å²) in [6, 6.07) is 10.1. The van der Waals surface area contributed by atoms with Crippen LogP contribution in [0.2, 0.25) is 0 Å². The minimum atomic E-state index is -0.416. The molecule has 124 valence electrons. The number of fused-ring (bicyclic) bond motifs is 2. The van der Waals surface area contributed by atoms with Gasteiger partial charge in [-0.05, 0) is 42.2 Å². The average Bonchev–Trinajstić information content (AvgIpc) is 2.99. The highest BCUT2D eigenvalue weighted by atomic mass is 16.5. The van der Waals surface area contributed by atoms with E-state index in [9.17, 15) is 4.79 Å². The Morgan fingerprint density at radius 2 is 2.00 bits per heavy atom. The van der Waals surface area contributed by atoms with E-state index >= 15 is 0 Å². The number of rotatable bonds is 2. The minimum absolute atomic E-state index is 0.184. The maximum atomic E-state index is 11.5. The van der Waals surface area contributed by atoms with Gasteiger partial charge in [-0.15, -0.1) is 0 Å². The molecule has 24 heavy (non-hydrogen) atoms. The standard InChI is InChI=1S/C19H20N2O3/c1-23-18(22)17-5-3-14(11-20-17)13-2-4-16-15(10-13)19(12-21-16)6-8-24-9-7-19/h2-5,10-11,21H,6-9,12H2,1H3. The van der Waals surface area contributed by atoms with Crippen molar-refractivity contribution in [3.05, 3.63) is 47.8 Å². The number of anilines is 1. The summed E-state index contributed by atoms with van der Waals surface area (Å²) in [5.74, 6) is -0.416. The Morgan fingerprint density at radius 3 is 2.71 bits per heavy atom. The predicted molar refractivity (Wildman–Crippen MR) is 91.2 cm³/mol. The lowest BCUT2D eigenvalue weighted by atomic mass is 9.75. The van der Waals surface area contributed by atoms with E-state index in [-0.39, 0.29) is 5.41 Å². The van der Waals surface area contributed by atoms with Crippen LogP contribution in [0, 0.1) is 0 Å². The van der Waals surface area contributed by atoms with E-state index in [4.69, 9.17) is 9.47 Å². The molecule has 5 nitrogen and oxygen atoms in total. The van der Waals surface area contributed by atoms with E-state index in [2.05, 4.69) is 28.5 Å². The van der Waals surface area contributed by atoms with Crippen molar-refractivity contribution in [2.45, 2.75) is 18.3 Å². The normalized spacial score (nSPS) is 18.0. The van der Waals surface area contributed by atoms with Crippen LogP contribution in [0.1, 0.15) is 28.9 Å². The number of hydrogen-bond acceptors (Lipinski definition) is 5. The smallest absolute Gasteiger partial charge is 0.356 e. The topological polar surface area (TPSA) is 60.5 Å². The van der Waals surface area contributed by atoms with Gasteiger partial charge in [0.25, 0.3) is 0 Å². The number of nitrogens with zero attached hydrogens (tertiary/aromatic N) is 1. The van der Waals surface area contributed by atoms with E-state index < -0.39 is 5.97 Å². The predicted octanol–water partition coefficient (Wildman–Crippen LogP) is 3.01. The molecule has 1 aromatic carbocycles. The Bertz CT molecular complexity index is 759. The van der Waals surface area contributed by atoms with Gasteiger partial charge < -0.3 is 14.8 Å². The third-order valence-electron chi connectivity index (χ3n) is 5.15. The second kappa shape index (κ2) is 5.91. The quantitative estimate of drug-likeness (QED) is 0.861. The highest BCUT2D eigenvalue weighted by Gasteiger charge is 2.40. The zero-order valence-corrected chi connectivity index (χ0v) is 13.7.